The van der Waals surface area contributed by atoms with Gasteiger partial charge in [0.15, 0.2) is 11.5 Å². The van der Waals surface area contributed by atoms with E-state index in [0.29, 0.717) is 43.1 Å². The Balaban J connectivity index is 1.53. The molecule has 3 aromatic rings. The number of carbonyl (C=O) groups is 1. The van der Waals surface area contributed by atoms with Crippen molar-refractivity contribution in [2.24, 2.45) is 0 Å². The number of piperazine rings is 1. The normalized spacial score (nSPS) is 20.8. The zero-order chi connectivity index (χ0) is 25.4. The molecule has 0 radical (unpaired) electrons. The highest BCUT2D eigenvalue weighted by molar-refractivity contribution is 5.89. The molecule has 11 heteroatoms. The number of rotatable bonds is 6. The van der Waals surface area contributed by atoms with Crippen LogP contribution in [-0.4, -0.2) is 92.5 Å². The molecule has 10 nitrogen and oxygen atoms in total. The molecule has 0 bridgehead atoms. The minimum Gasteiger partial charge on any atom is -0.506 e. The Morgan fingerprint density at radius 3 is 2.83 bits per heavy atom. The lowest BCUT2D eigenvalue weighted by Crippen LogP contribution is -2.53. The summed E-state index contributed by atoms with van der Waals surface area (Å²) in [5.41, 5.74) is 0.264. The van der Waals surface area contributed by atoms with Gasteiger partial charge in [0, 0.05) is 37.9 Å². The standard InChI is InChI=1S/C25H30FN7O3/c1-4-21(35)31-11-12-32(16(2)13-31)24-18-14-33(22-19(26)8-5-9-20(22)34)29-23(18)27-25(28-24)36-15-17-7-6-10-30(17)3/h4-5,8-9,14,16-17,34H,1,6-7,10-13,15H2,2-3H3/t16-,17-/m0/s1. The predicted molar refractivity (Wildman–Crippen MR) is 133 cm³/mol. The number of carbonyl (C=O) groups excluding carboxylic acids is 1. The first-order chi connectivity index (χ1) is 17.4. The molecular formula is C25H30FN7O3. The molecule has 0 saturated carbocycles. The fraction of sp³-hybridized carbons (Fsp3) is 0.440. The molecule has 2 aliphatic heterocycles. The molecule has 2 fully saturated rings. The van der Waals surface area contributed by atoms with Crippen LogP contribution in [0.4, 0.5) is 10.2 Å². The summed E-state index contributed by atoms with van der Waals surface area (Å²) < 4.78 is 21.9. The van der Waals surface area contributed by atoms with Crippen LogP contribution in [0.1, 0.15) is 19.8 Å². The summed E-state index contributed by atoms with van der Waals surface area (Å²) in [6, 6.07) is 4.52. The van der Waals surface area contributed by atoms with Gasteiger partial charge in [-0.25, -0.2) is 9.07 Å². The summed E-state index contributed by atoms with van der Waals surface area (Å²) in [5, 5.41) is 15.4. The van der Waals surface area contributed by atoms with E-state index in [9.17, 15) is 14.3 Å². The van der Waals surface area contributed by atoms with Gasteiger partial charge in [-0.3, -0.25) is 4.79 Å². The summed E-state index contributed by atoms with van der Waals surface area (Å²) in [6.07, 6.45) is 5.11. The van der Waals surface area contributed by atoms with E-state index in [1.165, 1.54) is 29.0 Å². The summed E-state index contributed by atoms with van der Waals surface area (Å²) in [5.74, 6) is -0.358. The number of likely N-dealkylation sites (tertiary alicyclic amines) is 1. The maximum absolute atomic E-state index is 14.6. The van der Waals surface area contributed by atoms with Gasteiger partial charge in [-0.05, 0) is 51.6 Å². The number of ether oxygens (including phenoxy) is 1. The molecule has 0 unspecified atom stereocenters. The second-order valence-electron chi connectivity index (χ2n) is 9.37. The van der Waals surface area contributed by atoms with Crippen LogP contribution in [0.15, 0.2) is 37.1 Å². The number of hydrogen-bond acceptors (Lipinski definition) is 8. The van der Waals surface area contributed by atoms with Crippen molar-refractivity contribution in [2.45, 2.75) is 31.8 Å². The molecular weight excluding hydrogens is 465 g/mol. The van der Waals surface area contributed by atoms with Crippen LogP contribution in [0.25, 0.3) is 16.7 Å². The fourth-order valence-electron chi connectivity index (χ4n) is 4.96. The van der Waals surface area contributed by atoms with Gasteiger partial charge in [0.25, 0.3) is 0 Å². The van der Waals surface area contributed by atoms with Gasteiger partial charge < -0.3 is 24.5 Å². The lowest BCUT2D eigenvalue weighted by molar-refractivity contribution is -0.126. The quantitative estimate of drug-likeness (QED) is 0.521. The SMILES string of the molecule is C=CC(=O)N1CCN(c2nc(OC[C@@H]3CCCN3C)nc3nn(-c4c(O)cccc4F)cc23)[C@@H](C)C1. The maximum Gasteiger partial charge on any atom is 0.320 e. The number of halogens is 1. The van der Waals surface area contributed by atoms with Crippen molar-refractivity contribution in [1.82, 2.24) is 29.5 Å². The number of fused-ring (bicyclic) bond motifs is 1. The van der Waals surface area contributed by atoms with E-state index < -0.39 is 5.82 Å². The van der Waals surface area contributed by atoms with E-state index in [1.807, 2.05) is 6.92 Å². The number of aromatic hydroxyl groups is 1. The number of benzene rings is 1. The zero-order valence-electron chi connectivity index (χ0n) is 20.5. The smallest absolute Gasteiger partial charge is 0.320 e. The average molecular weight is 496 g/mol. The lowest BCUT2D eigenvalue weighted by atomic mass is 10.1. The second-order valence-corrected chi connectivity index (χ2v) is 9.37. The number of amides is 1. The minimum atomic E-state index is -0.608. The number of phenolic OH excluding ortho intramolecular Hbond substituents is 1. The predicted octanol–water partition coefficient (Wildman–Crippen LogP) is 2.36. The average Bonchev–Trinajstić information content (AvgIpc) is 3.47. The molecule has 1 aromatic carbocycles. The Hall–Kier alpha value is -3.73. The number of aromatic nitrogens is 4. The summed E-state index contributed by atoms with van der Waals surface area (Å²) in [4.78, 5) is 27.5. The molecule has 0 aliphatic carbocycles. The first-order valence-corrected chi connectivity index (χ1v) is 12.1. The second kappa shape index (κ2) is 9.73. The van der Waals surface area contributed by atoms with E-state index in [0.717, 1.165) is 19.4 Å². The molecule has 4 heterocycles. The van der Waals surface area contributed by atoms with Crippen molar-refractivity contribution in [3.63, 3.8) is 0 Å². The van der Waals surface area contributed by atoms with Crippen LogP contribution in [0.2, 0.25) is 0 Å². The third kappa shape index (κ3) is 4.46. The van der Waals surface area contributed by atoms with Gasteiger partial charge in [-0.15, -0.1) is 5.10 Å². The molecule has 36 heavy (non-hydrogen) atoms. The van der Waals surface area contributed by atoms with Crippen molar-refractivity contribution in [3.8, 4) is 17.4 Å². The third-order valence-corrected chi connectivity index (χ3v) is 7.00. The van der Waals surface area contributed by atoms with Crippen molar-refractivity contribution >= 4 is 22.8 Å². The highest BCUT2D eigenvalue weighted by atomic mass is 19.1. The Morgan fingerprint density at radius 2 is 2.14 bits per heavy atom. The number of nitrogens with zero attached hydrogens (tertiary/aromatic N) is 7. The van der Waals surface area contributed by atoms with E-state index >= 15 is 0 Å². The molecule has 2 atom stereocenters. The van der Waals surface area contributed by atoms with Crippen molar-refractivity contribution in [2.75, 3.05) is 44.7 Å². The number of phenols is 1. The van der Waals surface area contributed by atoms with Gasteiger partial charge in [-0.2, -0.15) is 9.97 Å². The molecule has 1 amide bonds. The van der Waals surface area contributed by atoms with Gasteiger partial charge in [0.1, 0.15) is 23.9 Å². The summed E-state index contributed by atoms with van der Waals surface area (Å²) in [7, 11) is 2.07. The van der Waals surface area contributed by atoms with E-state index in [4.69, 9.17) is 9.72 Å². The number of anilines is 1. The topological polar surface area (TPSA) is 99.9 Å². The first-order valence-electron chi connectivity index (χ1n) is 12.1. The van der Waals surface area contributed by atoms with Crippen LogP contribution in [0.3, 0.4) is 0 Å². The monoisotopic (exact) mass is 495 g/mol. The number of hydrogen-bond donors (Lipinski definition) is 1. The van der Waals surface area contributed by atoms with Gasteiger partial charge in [0.05, 0.1) is 5.39 Å². The first kappa shape index (κ1) is 24.0. The van der Waals surface area contributed by atoms with Crippen molar-refractivity contribution in [3.05, 3.63) is 42.9 Å². The Labute approximate surface area is 208 Å². The molecule has 5 rings (SSSR count). The van der Waals surface area contributed by atoms with Gasteiger partial charge in [-0.1, -0.05) is 12.6 Å². The van der Waals surface area contributed by atoms with E-state index in [1.54, 1.807) is 11.1 Å². The third-order valence-electron chi connectivity index (χ3n) is 7.00. The highest BCUT2D eigenvalue weighted by Gasteiger charge is 2.30. The van der Waals surface area contributed by atoms with Crippen LogP contribution in [-0.2, 0) is 4.79 Å². The number of para-hydroxylation sites is 1. The molecule has 1 N–H and O–H groups in total. The Bertz CT molecular complexity index is 1280. The fourth-order valence-corrected chi connectivity index (χ4v) is 4.96. The van der Waals surface area contributed by atoms with Crippen LogP contribution < -0.4 is 9.64 Å². The Morgan fingerprint density at radius 1 is 1.31 bits per heavy atom. The van der Waals surface area contributed by atoms with E-state index in [2.05, 4.69) is 33.5 Å². The molecule has 2 aliphatic rings. The van der Waals surface area contributed by atoms with Crippen LogP contribution >= 0.6 is 0 Å². The van der Waals surface area contributed by atoms with Gasteiger partial charge in [0.2, 0.25) is 5.91 Å². The Kier molecular flexibility index (Phi) is 6.48. The molecule has 2 saturated heterocycles. The summed E-state index contributed by atoms with van der Waals surface area (Å²) >= 11 is 0. The zero-order valence-corrected chi connectivity index (χ0v) is 20.5. The number of likely N-dealkylation sites (N-methyl/N-ethyl adjacent to an activating group) is 1. The van der Waals surface area contributed by atoms with E-state index in [-0.39, 0.29) is 35.4 Å². The van der Waals surface area contributed by atoms with Gasteiger partial charge >= 0.3 is 6.01 Å². The summed E-state index contributed by atoms with van der Waals surface area (Å²) in [6.45, 7) is 8.62. The van der Waals surface area contributed by atoms with Crippen molar-refractivity contribution < 1.29 is 19.0 Å². The molecule has 190 valence electrons. The highest BCUT2D eigenvalue weighted by Crippen LogP contribution is 2.32. The lowest BCUT2D eigenvalue weighted by Gasteiger charge is -2.40. The van der Waals surface area contributed by atoms with Crippen LogP contribution in [0, 0.1) is 5.82 Å². The van der Waals surface area contributed by atoms with Crippen LogP contribution in [0.5, 0.6) is 11.8 Å². The maximum atomic E-state index is 14.6. The van der Waals surface area contributed by atoms with Crippen molar-refractivity contribution in [1.29, 1.82) is 0 Å². The largest absolute Gasteiger partial charge is 0.506 e. The minimum absolute atomic E-state index is 0.0558. The molecule has 0 spiro atoms. The molecule has 2 aromatic heterocycles.